The normalized spacial score (nSPS) is 1.50. The molecule has 9 nitrogen and oxygen atoms in total. The molecule has 0 aliphatic heterocycles. The molecule has 0 heterocycles. The summed E-state index contributed by atoms with van der Waals surface area (Å²) in [6.45, 7) is 0. The molecule has 10 heteroatoms. The van der Waals surface area contributed by atoms with Gasteiger partial charge in [-0.05, 0) is 0 Å². The van der Waals surface area contributed by atoms with Gasteiger partial charge in [-0.2, -0.15) is 0 Å². The summed E-state index contributed by atoms with van der Waals surface area (Å²) in [6, 6.07) is 0. The Morgan fingerprint density at radius 3 is 0.500 bits per heavy atom. The fourth-order valence-corrected chi connectivity index (χ4v) is 0. The zero-order valence-corrected chi connectivity index (χ0v) is 7.64. The summed E-state index contributed by atoms with van der Waals surface area (Å²) < 4.78 is 25.9. The zero-order valence-electron chi connectivity index (χ0n) is 4.80. The van der Waals surface area contributed by atoms with E-state index in [4.69, 9.17) is 6.13 Å². The molecule has 0 saturated heterocycles. The molecule has 0 spiro atoms. The summed E-state index contributed by atoms with van der Waals surface area (Å²) in [6.07, 6.45) is 0. The van der Waals surface area contributed by atoms with Crippen LogP contribution in [-0.4, -0.2) is 32.9 Å². The van der Waals surface area contributed by atoms with Crippen molar-refractivity contribution >= 4 is 0 Å². The van der Waals surface area contributed by atoms with Gasteiger partial charge in [-0.15, -0.1) is 0 Å². The Balaban J connectivity index is -0.00000000300. The molecule has 0 fully saturated rings. The third-order valence-electron chi connectivity index (χ3n) is 0. The molecule has 0 bridgehead atoms. The number of rotatable bonds is 0. The van der Waals surface area contributed by atoms with E-state index < -0.39 is 27.6 Å². The Labute approximate surface area is 66.7 Å². The van der Waals surface area contributed by atoms with Crippen LogP contribution in [0, 0.1) is 0 Å². The van der Waals surface area contributed by atoms with Crippen LogP contribution in [-0.2, 0) is 33.7 Å². The van der Waals surface area contributed by atoms with Gasteiger partial charge in [-0.1, -0.05) is 0 Å². The van der Waals surface area contributed by atoms with Crippen molar-refractivity contribution in [3.63, 3.8) is 0 Å². The fourth-order valence-electron chi connectivity index (χ4n) is 0. The molecular formula is H12O9Y. The predicted octanol–water partition coefficient (Wildman–Crippen LogP) is -5.31. The van der Waals surface area contributed by atoms with E-state index in [9.17, 15) is 0 Å². The van der Waals surface area contributed by atoms with E-state index in [0.717, 1.165) is 0 Å². The van der Waals surface area contributed by atoms with Crippen LogP contribution >= 0.6 is 0 Å². The summed E-state index contributed by atoms with van der Waals surface area (Å²) in [5.41, 5.74) is 0. The second-order valence-electron chi connectivity index (χ2n) is 0.289. The summed E-state index contributed by atoms with van der Waals surface area (Å²) in [4.78, 5) is 0. The molecule has 12 N–H and O–H groups in total. The van der Waals surface area contributed by atoms with Gasteiger partial charge in [-0.3, -0.25) is 0 Å². The van der Waals surface area contributed by atoms with Gasteiger partial charge in [0.15, 0.2) is 0 Å². The SMILES string of the molecule is O.O.O.O.O.O.[O]=[Y](=[O])=[O]. The molecule has 0 aliphatic carbocycles. The third-order valence-corrected chi connectivity index (χ3v) is 0. The van der Waals surface area contributed by atoms with Crippen LogP contribution in [0.3, 0.4) is 0 Å². The standard InChI is InChI=1S/6H2O.3O.Y/h6*1H2;;;;. The zero-order chi connectivity index (χ0) is 3.58. The van der Waals surface area contributed by atoms with Crippen LogP contribution in [0.15, 0.2) is 0 Å². The van der Waals surface area contributed by atoms with Gasteiger partial charge in [0.2, 0.25) is 0 Å². The molecule has 0 amide bonds. The monoisotopic (exact) mass is 245 g/mol. The van der Waals surface area contributed by atoms with E-state index in [-0.39, 0.29) is 32.9 Å². The Morgan fingerprint density at radius 1 is 0.500 bits per heavy atom. The van der Waals surface area contributed by atoms with Gasteiger partial charge in [0.05, 0.1) is 0 Å². The molecule has 0 rings (SSSR count). The molecule has 69 valence electrons. The van der Waals surface area contributed by atoms with Crippen LogP contribution in [0.1, 0.15) is 0 Å². The Hall–Kier alpha value is 0.264. The maximum atomic E-state index is 8.63. The van der Waals surface area contributed by atoms with Crippen molar-refractivity contribution in [1.82, 2.24) is 0 Å². The van der Waals surface area contributed by atoms with E-state index in [1.165, 1.54) is 0 Å². The first-order valence-electron chi connectivity index (χ1n) is 0.707. The van der Waals surface area contributed by atoms with Gasteiger partial charge in [0.25, 0.3) is 0 Å². The number of hydrogen-bond acceptors (Lipinski definition) is 3. The Bertz CT molecular complexity index is 74.1. The van der Waals surface area contributed by atoms with Crippen molar-refractivity contribution in [2.45, 2.75) is 0 Å². The van der Waals surface area contributed by atoms with Crippen molar-refractivity contribution in [3.8, 4) is 0 Å². The minimum atomic E-state index is -4.39. The van der Waals surface area contributed by atoms with Crippen LogP contribution < -0.4 is 0 Å². The molecule has 0 aromatic rings. The molecule has 0 radical (unpaired) electrons. The summed E-state index contributed by atoms with van der Waals surface area (Å²) in [7, 11) is 0. The van der Waals surface area contributed by atoms with Gasteiger partial charge in [0, 0.05) is 0 Å². The molecular weight excluding hydrogens is 233 g/mol. The first-order valence-corrected chi connectivity index (χ1v) is 4.18. The fraction of sp³-hybridized carbons (Fsp3) is 0. The van der Waals surface area contributed by atoms with Crippen LogP contribution in [0.2, 0.25) is 0 Å². The molecule has 10 heavy (non-hydrogen) atoms. The molecule has 0 aliphatic rings. The average Bonchev–Trinajstić information content (AvgIpc) is 0.811. The molecule has 0 unspecified atom stereocenters. The minimum absolute atomic E-state index is 0. The van der Waals surface area contributed by atoms with Crippen molar-refractivity contribution in [2.75, 3.05) is 0 Å². The van der Waals surface area contributed by atoms with E-state index in [1.54, 1.807) is 0 Å². The van der Waals surface area contributed by atoms with E-state index >= 15 is 0 Å². The molecule has 0 saturated carbocycles. The average molecular weight is 245 g/mol. The first kappa shape index (κ1) is 82.7. The summed E-state index contributed by atoms with van der Waals surface area (Å²) >= 11 is -4.39. The van der Waals surface area contributed by atoms with Crippen LogP contribution in [0.25, 0.3) is 0 Å². The molecule has 0 aromatic heterocycles. The van der Waals surface area contributed by atoms with Crippen molar-refractivity contribution in [1.29, 1.82) is 0 Å². The van der Waals surface area contributed by atoms with Gasteiger partial charge < -0.3 is 32.9 Å². The van der Waals surface area contributed by atoms with Crippen LogP contribution in [0.5, 0.6) is 0 Å². The topological polar surface area (TPSA) is 240 Å². The van der Waals surface area contributed by atoms with Crippen molar-refractivity contribution < 1.29 is 66.6 Å². The Morgan fingerprint density at radius 2 is 0.500 bits per heavy atom. The van der Waals surface area contributed by atoms with Gasteiger partial charge in [0.1, 0.15) is 0 Å². The molecule has 0 atom stereocenters. The predicted molar refractivity (Wildman–Crippen MR) is 23.7 cm³/mol. The van der Waals surface area contributed by atoms with E-state index in [2.05, 4.69) is 0 Å². The quantitative estimate of drug-likeness (QED) is 0.405. The van der Waals surface area contributed by atoms with Crippen molar-refractivity contribution in [3.05, 3.63) is 0 Å². The van der Waals surface area contributed by atoms with Gasteiger partial charge >= 0.3 is 33.7 Å². The van der Waals surface area contributed by atoms with E-state index in [1.807, 2.05) is 0 Å². The maximum absolute atomic E-state index is 8.63. The van der Waals surface area contributed by atoms with Gasteiger partial charge in [-0.25, -0.2) is 0 Å². The Kier molecular flexibility index (Phi) is 491. The first-order chi connectivity index (χ1) is 1.73. The van der Waals surface area contributed by atoms with Crippen molar-refractivity contribution in [2.24, 2.45) is 0 Å². The molecule has 0 aromatic carbocycles. The number of hydrogen-bond donors (Lipinski definition) is 0. The third kappa shape index (κ3) is 6260. The second-order valence-corrected chi connectivity index (χ2v) is 1.71. The summed E-state index contributed by atoms with van der Waals surface area (Å²) in [5.74, 6) is 0. The van der Waals surface area contributed by atoms with E-state index in [0.29, 0.717) is 0 Å². The summed E-state index contributed by atoms with van der Waals surface area (Å²) in [5, 5.41) is 0. The van der Waals surface area contributed by atoms with Crippen LogP contribution in [0.4, 0.5) is 0 Å². The second kappa shape index (κ2) is 59.4.